The zero-order valence-electron chi connectivity index (χ0n) is 14.0. The van der Waals surface area contributed by atoms with Crippen molar-refractivity contribution in [2.75, 3.05) is 0 Å². The van der Waals surface area contributed by atoms with Gasteiger partial charge in [0.2, 0.25) is 0 Å². The average Bonchev–Trinajstić information content (AvgIpc) is 3.19. The number of thiocarbonyl (C=S) groups is 1. The highest BCUT2D eigenvalue weighted by atomic mass is 32.1. The van der Waals surface area contributed by atoms with Crippen LogP contribution in [0.25, 0.3) is 0 Å². The summed E-state index contributed by atoms with van der Waals surface area (Å²) in [6, 6.07) is 11.3. The smallest absolute Gasteiger partial charge is 0.170 e. The second-order valence-corrected chi connectivity index (χ2v) is 7.31. The van der Waals surface area contributed by atoms with Crippen molar-refractivity contribution in [3.8, 4) is 0 Å². The van der Waals surface area contributed by atoms with Gasteiger partial charge in [0.15, 0.2) is 5.11 Å². The van der Waals surface area contributed by atoms with Gasteiger partial charge in [0.05, 0.1) is 17.8 Å². The van der Waals surface area contributed by atoms with Crippen molar-refractivity contribution < 1.29 is 0 Å². The van der Waals surface area contributed by atoms with E-state index in [1.807, 2.05) is 18.3 Å². The number of rotatable bonds is 3. The van der Waals surface area contributed by atoms with Gasteiger partial charge in [-0.15, -0.1) is 0 Å². The summed E-state index contributed by atoms with van der Waals surface area (Å²) in [5.41, 5.74) is 3.46. The molecule has 0 amide bonds. The molecule has 1 aliphatic heterocycles. The summed E-state index contributed by atoms with van der Waals surface area (Å²) in [6.45, 7) is 2.10. The third kappa shape index (κ3) is 2.81. The van der Waals surface area contributed by atoms with Crippen molar-refractivity contribution in [3.63, 3.8) is 0 Å². The van der Waals surface area contributed by atoms with E-state index in [9.17, 15) is 0 Å². The molecule has 0 unspecified atom stereocenters. The Morgan fingerprint density at radius 1 is 1.12 bits per heavy atom. The van der Waals surface area contributed by atoms with Crippen LogP contribution in [-0.2, 0) is 0 Å². The van der Waals surface area contributed by atoms with Crippen molar-refractivity contribution in [1.29, 1.82) is 0 Å². The molecule has 24 heavy (non-hydrogen) atoms. The van der Waals surface area contributed by atoms with Gasteiger partial charge < -0.3 is 15.2 Å². The number of hydrogen-bond donors (Lipinski definition) is 2. The van der Waals surface area contributed by atoms with Crippen LogP contribution >= 0.6 is 12.2 Å². The predicted molar refractivity (Wildman–Crippen MR) is 99.7 cm³/mol. The summed E-state index contributed by atoms with van der Waals surface area (Å²) in [5, 5.41) is 4.42. The number of aromatic nitrogens is 2. The van der Waals surface area contributed by atoms with Crippen LogP contribution < -0.4 is 5.32 Å². The number of nitrogens with one attached hydrogen (secondary N) is 2. The zero-order chi connectivity index (χ0) is 16.5. The molecule has 3 heterocycles. The summed E-state index contributed by atoms with van der Waals surface area (Å²) in [7, 11) is 0. The molecular formula is C19H24N4S. The summed E-state index contributed by atoms with van der Waals surface area (Å²) < 4.78 is 0. The molecule has 1 saturated carbocycles. The van der Waals surface area contributed by atoms with Gasteiger partial charge in [0.1, 0.15) is 0 Å². The highest BCUT2D eigenvalue weighted by molar-refractivity contribution is 7.80. The van der Waals surface area contributed by atoms with Crippen molar-refractivity contribution >= 4 is 17.3 Å². The molecular weight excluding hydrogens is 316 g/mol. The number of H-pyrrole nitrogens is 1. The molecule has 0 radical (unpaired) electrons. The van der Waals surface area contributed by atoms with E-state index in [1.165, 1.54) is 43.5 Å². The van der Waals surface area contributed by atoms with Crippen LogP contribution in [0.4, 0.5) is 0 Å². The molecule has 2 aliphatic rings. The number of hydrogen-bond acceptors (Lipinski definition) is 2. The first kappa shape index (κ1) is 15.6. The highest BCUT2D eigenvalue weighted by Crippen LogP contribution is 2.41. The Hall–Kier alpha value is -1.88. The fourth-order valence-corrected chi connectivity index (χ4v) is 4.54. The Bertz CT molecular complexity index is 705. The van der Waals surface area contributed by atoms with Gasteiger partial charge in [-0.2, -0.15) is 0 Å². The van der Waals surface area contributed by atoms with E-state index in [-0.39, 0.29) is 12.1 Å². The molecule has 2 aromatic heterocycles. The predicted octanol–water partition coefficient (Wildman–Crippen LogP) is 4.02. The maximum Gasteiger partial charge on any atom is 0.170 e. The average molecular weight is 340 g/mol. The lowest BCUT2D eigenvalue weighted by atomic mass is 9.92. The molecule has 4 nitrogen and oxygen atoms in total. The summed E-state index contributed by atoms with van der Waals surface area (Å²) in [5.74, 6) is 0. The quantitative estimate of drug-likeness (QED) is 0.828. The van der Waals surface area contributed by atoms with Crippen LogP contribution in [-0.4, -0.2) is 26.0 Å². The lowest BCUT2D eigenvalue weighted by Crippen LogP contribution is -2.40. The maximum atomic E-state index is 5.76. The molecule has 0 spiro atoms. The van der Waals surface area contributed by atoms with E-state index in [0.29, 0.717) is 6.04 Å². The van der Waals surface area contributed by atoms with Crippen LogP contribution in [0.5, 0.6) is 0 Å². The Balaban J connectivity index is 1.73. The highest BCUT2D eigenvalue weighted by Gasteiger charge is 2.43. The lowest BCUT2D eigenvalue weighted by molar-refractivity contribution is 0.194. The molecule has 4 rings (SSSR count). The molecule has 1 aliphatic carbocycles. The van der Waals surface area contributed by atoms with Gasteiger partial charge >= 0.3 is 0 Å². The van der Waals surface area contributed by atoms with Crippen LogP contribution in [0.15, 0.2) is 36.5 Å². The number of nitrogens with zero attached hydrogens (tertiary/aromatic N) is 2. The molecule has 0 aromatic carbocycles. The number of pyridine rings is 1. The minimum atomic E-state index is 0.0960. The molecule has 0 bridgehead atoms. The second kappa shape index (κ2) is 6.55. The Kier molecular flexibility index (Phi) is 4.27. The minimum absolute atomic E-state index is 0.0960. The van der Waals surface area contributed by atoms with Crippen molar-refractivity contribution in [2.45, 2.75) is 57.2 Å². The van der Waals surface area contributed by atoms with Crippen molar-refractivity contribution in [2.24, 2.45) is 0 Å². The van der Waals surface area contributed by atoms with Gasteiger partial charge in [0.25, 0.3) is 0 Å². The fourth-order valence-electron chi connectivity index (χ4n) is 4.15. The minimum Gasteiger partial charge on any atom is -0.361 e. The first-order chi connectivity index (χ1) is 11.7. The molecule has 2 N–H and O–H groups in total. The monoisotopic (exact) mass is 340 g/mol. The third-order valence-electron chi connectivity index (χ3n) is 5.28. The molecule has 2 aromatic rings. The molecule has 2 fully saturated rings. The Morgan fingerprint density at radius 2 is 1.96 bits per heavy atom. The van der Waals surface area contributed by atoms with Crippen LogP contribution in [0.2, 0.25) is 0 Å². The van der Waals surface area contributed by atoms with E-state index < -0.39 is 0 Å². The second-order valence-electron chi connectivity index (χ2n) is 6.92. The van der Waals surface area contributed by atoms with E-state index >= 15 is 0 Å². The third-order valence-corrected chi connectivity index (χ3v) is 5.61. The van der Waals surface area contributed by atoms with Crippen LogP contribution in [0, 0.1) is 6.92 Å². The van der Waals surface area contributed by atoms with Crippen molar-refractivity contribution in [3.05, 3.63) is 53.6 Å². The molecule has 126 valence electrons. The SMILES string of the molecule is Cc1ccc([C@H]2[C@H](c3ccccn3)NC(=S)N2C2CCCCC2)[nH]1. The van der Waals surface area contributed by atoms with E-state index in [1.54, 1.807) is 0 Å². The number of aryl methyl sites for hydroxylation is 1. The number of aromatic amines is 1. The van der Waals surface area contributed by atoms with Gasteiger partial charge in [-0.1, -0.05) is 25.3 Å². The van der Waals surface area contributed by atoms with Crippen molar-refractivity contribution in [1.82, 2.24) is 20.2 Å². The van der Waals surface area contributed by atoms with Crippen LogP contribution in [0.1, 0.15) is 61.3 Å². The summed E-state index contributed by atoms with van der Waals surface area (Å²) in [4.78, 5) is 10.6. The maximum absolute atomic E-state index is 5.76. The fraction of sp³-hybridized carbons (Fsp3) is 0.474. The van der Waals surface area contributed by atoms with Gasteiger partial charge in [-0.05, 0) is 56.2 Å². The zero-order valence-corrected chi connectivity index (χ0v) is 14.9. The largest absolute Gasteiger partial charge is 0.361 e. The van der Waals surface area contributed by atoms with Gasteiger partial charge in [0, 0.05) is 23.6 Å². The summed E-state index contributed by atoms with van der Waals surface area (Å²) in [6.07, 6.45) is 8.27. The normalized spacial score (nSPS) is 25.0. The topological polar surface area (TPSA) is 44.0 Å². The van der Waals surface area contributed by atoms with Gasteiger partial charge in [-0.3, -0.25) is 4.98 Å². The van der Waals surface area contributed by atoms with E-state index in [4.69, 9.17) is 12.2 Å². The van der Waals surface area contributed by atoms with E-state index in [2.05, 4.69) is 45.3 Å². The first-order valence-electron chi connectivity index (χ1n) is 8.89. The molecule has 2 atom stereocenters. The standard InChI is InChI=1S/C19H24N4S/c1-13-10-11-16(21-13)18-17(15-9-5-6-12-20-15)22-19(24)23(18)14-7-3-2-4-8-14/h5-6,9-12,14,17-18,21H,2-4,7-8H2,1H3,(H,22,24)/t17-,18-/m0/s1. The lowest BCUT2D eigenvalue weighted by Gasteiger charge is -2.36. The summed E-state index contributed by atoms with van der Waals surface area (Å²) >= 11 is 5.76. The van der Waals surface area contributed by atoms with Crippen LogP contribution in [0.3, 0.4) is 0 Å². The van der Waals surface area contributed by atoms with Gasteiger partial charge in [-0.25, -0.2) is 0 Å². The van der Waals surface area contributed by atoms with E-state index in [0.717, 1.165) is 10.8 Å². The molecule has 5 heteroatoms. The Morgan fingerprint density at radius 3 is 2.62 bits per heavy atom. The first-order valence-corrected chi connectivity index (χ1v) is 9.30. The molecule has 1 saturated heterocycles. The Labute approximate surface area is 148 Å².